The van der Waals surface area contributed by atoms with Crippen molar-refractivity contribution in [3.8, 4) is 5.75 Å². The molecule has 1 amide bonds. The van der Waals surface area contributed by atoms with Gasteiger partial charge in [-0.05, 0) is 57.0 Å². The average molecular weight is 248 g/mol. The molecule has 1 fully saturated rings. The van der Waals surface area contributed by atoms with Crippen molar-refractivity contribution >= 4 is 11.6 Å². The van der Waals surface area contributed by atoms with Crippen molar-refractivity contribution < 1.29 is 9.90 Å². The standard InChI is InChI=1S/C14H20N2O2/c1-9-7-12(17)10(2)6-11(9)16-13(18)14(3)4-5-15-8-14/h6-7,15,17H,4-5,8H2,1-3H3,(H,16,18). The van der Waals surface area contributed by atoms with Gasteiger partial charge >= 0.3 is 0 Å². The molecule has 1 aromatic carbocycles. The monoisotopic (exact) mass is 248 g/mol. The van der Waals surface area contributed by atoms with E-state index in [0.717, 1.165) is 36.3 Å². The smallest absolute Gasteiger partial charge is 0.231 e. The van der Waals surface area contributed by atoms with Crippen molar-refractivity contribution in [2.24, 2.45) is 5.41 Å². The van der Waals surface area contributed by atoms with Crippen LogP contribution in [0.3, 0.4) is 0 Å². The quantitative estimate of drug-likeness (QED) is 0.701. The highest BCUT2D eigenvalue weighted by Gasteiger charge is 2.36. The highest BCUT2D eigenvalue weighted by Crippen LogP contribution is 2.29. The number of hydrogen-bond acceptors (Lipinski definition) is 3. The lowest BCUT2D eigenvalue weighted by Crippen LogP contribution is -2.35. The summed E-state index contributed by atoms with van der Waals surface area (Å²) in [6.07, 6.45) is 0.856. The van der Waals surface area contributed by atoms with E-state index in [1.807, 2.05) is 26.8 Å². The highest BCUT2D eigenvalue weighted by atomic mass is 16.3. The van der Waals surface area contributed by atoms with Crippen LogP contribution < -0.4 is 10.6 Å². The maximum Gasteiger partial charge on any atom is 0.231 e. The predicted molar refractivity (Wildman–Crippen MR) is 71.8 cm³/mol. The van der Waals surface area contributed by atoms with Gasteiger partial charge in [-0.1, -0.05) is 0 Å². The number of phenolic OH excluding ortho intramolecular Hbond substituents is 1. The molecule has 3 N–H and O–H groups in total. The Morgan fingerprint density at radius 2 is 2.11 bits per heavy atom. The molecule has 1 heterocycles. The predicted octanol–water partition coefficient (Wildman–Crippen LogP) is 1.95. The molecular formula is C14H20N2O2. The average Bonchev–Trinajstić information content (AvgIpc) is 2.74. The van der Waals surface area contributed by atoms with Crippen LogP contribution in [-0.2, 0) is 4.79 Å². The zero-order chi connectivity index (χ0) is 13.3. The number of aryl methyl sites for hydroxylation is 2. The van der Waals surface area contributed by atoms with E-state index in [0.29, 0.717) is 0 Å². The van der Waals surface area contributed by atoms with E-state index in [1.165, 1.54) is 0 Å². The Morgan fingerprint density at radius 3 is 2.72 bits per heavy atom. The Balaban J connectivity index is 2.19. The summed E-state index contributed by atoms with van der Waals surface area (Å²) in [6, 6.07) is 3.49. The van der Waals surface area contributed by atoms with Crippen LogP contribution in [0.1, 0.15) is 24.5 Å². The zero-order valence-corrected chi connectivity index (χ0v) is 11.1. The zero-order valence-electron chi connectivity index (χ0n) is 11.1. The molecule has 4 nitrogen and oxygen atoms in total. The molecule has 0 saturated carbocycles. The number of benzene rings is 1. The summed E-state index contributed by atoms with van der Waals surface area (Å²) in [7, 11) is 0. The molecule has 1 aliphatic rings. The van der Waals surface area contributed by atoms with E-state index < -0.39 is 0 Å². The minimum Gasteiger partial charge on any atom is -0.508 e. The molecule has 1 aromatic rings. The second-order valence-electron chi connectivity index (χ2n) is 5.40. The van der Waals surface area contributed by atoms with Crippen LogP contribution in [-0.4, -0.2) is 24.1 Å². The number of nitrogens with one attached hydrogen (secondary N) is 2. The number of rotatable bonds is 2. The topological polar surface area (TPSA) is 61.4 Å². The number of anilines is 1. The molecule has 18 heavy (non-hydrogen) atoms. The van der Waals surface area contributed by atoms with Crippen LogP contribution in [0.15, 0.2) is 12.1 Å². The lowest BCUT2D eigenvalue weighted by Gasteiger charge is -2.22. The van der Waals surface area contributed by atoms with Crippen molar-refractivity contribution in [3.63, 3.8) is 0 Å². The molecular weight excluding hydrogens is 228 g/mol. The summed E-state index contributed by atoms with van der Waals surface area (Å²) < 4.78 is 0. The number of hydrogen-bond donors (Lipinski definition) is 3. The van der Waals surface area contributed by atoms with Gasteiger partial charge in [-0.25, -0.2) is 0 Å². The number of amides is 1. The van der Waals surface area contributed by atoms with Crippen molar-refractivity contribution in [1.82, 2.24) is 5.32 Å². The summed E-state index contributed by atoms with van der Waals surface area (Å²) in [5.74, 6) is 0.305. The van der Waals surface area contributed by atoms with Gasteiger partial charge in [-0.3, -0.25) is 4.79 Å². The first-order chi connectivity index (χ1) is 8.42. The number of carbonyl (C=O) groups is 1. The summed E-state index contributed by atoms with van der Waals surface area (Å²) in [4.78, 5) is 12.3. The van der Waals surface area contributed by atoms with Crippen molar-refractivity contribution in [2.45, 2.75) is 27.2 Å². The Bertz CT molecular complexity index is 477. The first-order valence-electron chi connectivity index (χ1n) is 6.25. The van der Waals surface area contributed by atoms with Crippen molar-refractivity contribution in [1.29, 1.82) is 0 Å². The fourth-order valence-electron chi connectivity index (χ4n) is 2.22. The van der Waals surface area contributed by atoms with Crippen LogP contribution >= 0.6 is 0 Å². The second-order valence-corrected chi connectivity index (χ2v) is 5.40. The van der Waals surface area contributed by atoms with Crippen molar-refractivity contribution in [3.05, 3.63) is 23.3 Å². The minimum atomic E-state index is -0.335. The minimum absolute atomic E-state index is 0.0423. The van der Waals surface area contributed by atoms with Crippen LogP contribution in [0, 0.1) is 19.3 Å². The summed E-state index contributed by atoms with van der Waals surface area (Å²) >= 11 is 0. The number of carbonyl (C=O) groups excluding carboxylic acids is 1. The van der Waals surface area contributed by atoms with Gasteiger partial charge in [-0.15, -0.1) is 0 Å². The Morgan fingerprint density at radius 1 is 1.39 bits per heavy atom. The molecule has 4 heteroatoms. The molecule has 0 aromatic heterocycles. The van der Waals surface area contributed by atoms with Gasteiger partial charge in [0.1, 0.15) is 5.75 Å². The molecule has 1 atom stereocenters. The summed E-state index contributed by atoms with van der Waals surface area (Å²) in [5.41, 5.74) is 2.09. The summed E-state index contributed by atoms with van der Waals surface area (Å²) in [5, 5.41) is 15.8. The van der Waals surface area contributed by atoms with Crippen molar-refractivity contribution in [2.75, 3.05) is 18.4 Å². The fourth-order valence-corrected chi connectivity index (χ4v) is 2.22. The number of phenols is 1. The SMILES string of the molecule is Cc1cc(NC(=O)C2(C)CCNC2)c(C)cc1O. The lowest BCUT2D eigenvalue weighted by molar-refractivity contribution is -0.123. The molecule has 2 rings (SSSR count). The van der Waals surface area contributed by atoms with E-state index in [-0.39, 0.29) is 17.1 Å². The van der Waals surface area contributed by atoms with E-state index in [9.17, 15) is 9.90 Å². The van der Waals surface area contributed by atoms with E-state index in [1.54, 1.807) is 6.07 Å². The lowest BCUT2D eigenvalue weighted by atomic mass is 9.88. The van der Waals surface area contributed by atoms with E-state index in [2.05, 4.69) is 10.6 Å². The van der Waals surface area contributed by atoms with Crippen LogP contribution in [0.5, 0.6) is 5.75 Å². The summed E-state index contributed by atoms with van der Waals surface area (Å²) in [6.45, 7) is 7.28. The third-order valence-electron chi connectivity index (χ3n) is 3.71. The normalized spacial score (nSPS) is 23.1. The maximum atomic E-state index is 12.3. The third kappa shape index (κ3) is 2.34. The van der Waals surface area contributed by atoms with Crippen LogP contribution in [0.25, 0.3) is 0 Å². The highest BCUT2D eigenvalue weighted by molar-refractivity contribution is 5.96. The molecule has 1 aliphatic heterocycles. The third-order valence-corrected chi connectivity index (χ3v) is 3.71. The molecule has 0 spiro atoms. The van der Waals surface area contributed by atoms with Gasteiger partial charge in [0, 0.05) is 12.2 Å². The van der Waals surface area contributed by atoms with Gasteiger partial charge in [0.15, 0.2) is 0 Å². The van der Waals surface area contributed by atoms with Gasteiger partial charge in [0.2, 0.25) is 5.91 Å². The largest absolute Gasteiger partial charge is 0.508 e. The molecule has 0 radical (unpaired) electrons. The molecule has 0 aliphatic carbocycles. The van der Waals surface area contributed by atoms with Gasteiger partial charge < -0.3 is 15.7 Å². The molecule has 0 bridgehead atoms. The Labute approximate surface area is 107 Å². The maximum absolute atomic E-state index is 12.3. The van der Waals surface area contributed by atoms with Gasteiger partial charge in [0.05, 0.1) is 5.41 Å². The molecule has 1 unspecified atom stereocenters. The first kappa shape index (κ1) is 12.9. The number of aromatic hydroxyl groups is 1. The van der Waals surface area contributed by atoms with Gasteiger partial charge in [0.25, 0.3) is 0 Å². The van der Waals surface area contributed by atoms with E-state index in [4.69, 9.17) is 0 Å². The Kier molecular flexibility index (Phi) is 3.30. The fraction of sp³-hybridized carbons (Fsp3) is 0.500. The van der Waals surface area contributed by atoms with Crippen LogP contribution in [0.4, 0.5) is 5.69 Å². The first-order valence-corrected chi connectivity index (χ1v) is 6.25. The second kappa shape index (κ2) is 4.61. The Hall–Kier alpha value is -1.55. The van der Waals surface area contributed by atoms with Crippen LogP contribution in [0.2, 0.25) is 0 Å². The van der Waals surface area contributed by atoms with Gasteiger partial charge in [-0.2, -0.15) is 0 Å². The van der Waals surface area contributed by atoms with E-state index >= 15 is 0 Å². The molecule has 98 valence electrons. The molecule has 1 saturated heterocycles.